The highest BCUT2D eigenvalue weighted by atomic mass is 16.7. The van der Waals surface area contributed by atoms with Gasteiger partial charge in [0.15, 0.2) is 11.5 Å². The molecule has 1 aromatic carbocycles. The molecule has 1 atom stereocenters. The SMILES string of the molecule is COC(=O)C1=C(C)NC(C)=C(C(=O)OCc2cccnc2)C1c1cccc2c1OCO2. The second-order valence-electron chi connectivity index (χ2n) is 7.15. The Kier molecular flexibility index (Phi) is 5.62. The van der Waals surface area contributed by atoms with E-state index in [0.29, 0.717) is 39.6 Å². The summed E-state index contributed by atoms with van der Waals surface area (Å²) in [5.41, 5.74) is 3.18. The number of hydrogen-bond acceptors (Lipinski definition) is 8. The topological polar surface area (TPSA) is 96.0 Å². The highest BCUT2D eigenvalue weighted by Crippen LogP contribution is 2.47. The van der Waals surface area contributed by atoms with Gasteiger partial charge < -0.3 is 24.3 Å². The molecule has 2 aromatic rings. The second kappa shape index (κ2) is 8.51. The molecule has 0 amide bonds. The van der Waals surface area contributed by atoms with Gasteiger partial charge in [0, 0.05) is 34.9 Å². The van der Waals surface area contributed by atoms with Gasteiger partial charge in [-0.1, -0.05) is 18.2 Å². The number of carbonyl (C=O) groups is 2. The van der Waals surface area contributed by atoms with E-state index in [1.165, 1.54) is 7.11 Å². The Morgan fingerprint density at radius 1 is 1.10 bits per heavy atom. The third-order valence-corrected chi connectivity index (χ3v) is 5.22. The number of carbonyl (C=O) groups excluding carboxylic acids is 2. The van der Waals surface area contributed by atoms with E-state index >= 15 is 0 Å². The number of hydrogen-bond donors (Lipinski definition) is 1. The van der Waals surface area contributed by atoms with Crippen LogP contribution in [0.5, 0.6) is 11.5 Å². The molecule has 31 heavy (non-hydrogen) atoms. The van der Waals surface area contributed by atoms with Crippen molar-refractivity contribution >= 4 is 11.9 Å². The fraction of sp³-hybridized carbons (Fsp3) is 0.261. The first-order chi connectivity index (χ1) is 15.0. The molecule has 1 N–H and O–H groups in total. The second-order valence-corrected chi connectivity index (χ2v) is 7.15. The Hall–Kier alpha value is -3.81. The van der Waals surface area contributed by atoms with E-state index in [4.69, 9.17) is 18.9 Å². The number of methoxy groups -OCH3 is 1. The molecule has 0 fully saturated rings. The van der Waals surface area contributed by atoms with Crippen LogP contribution in [0.25, 0.3) is 0 Å². The number of allylic oxidation sites excluding steroid dienone is 2. The minimum atomic E-state index is -0.744. The molecule has 0 saturated heterocycles. The van der Waals surface area contributed by atoms with Crippen molar-refractivity contribution in [3.8, 4) is 11.5 Å². The average Bonchev–Trinajstić information content (AvgIpc) is 3.26. The molecule has 0 aliphatic carbocycles. The molecule has 8 heteroatoms. The fourth-order valence-electron chi connectivity index (χ4n) is 3.85. The molecular formula is C23H22N2O6. The van der Waals surface area contributed by atoms with Crippen LogP contribution in [0.3, 0.4) is 0 Å². The summed E-state index contributed by atoms with van der Waals surface area (Å²) >= 11 is 0. The van der Waals surface area contributed by atoms with Crippen molar-refractivity contribution in [3.63, 3.8) is 0 Å². The monoisotopic (exact) mass is 422 g/mol. The van der Waals surface area contributed by atoms with Crippen molar-refractivity contribution in [1.29, 1.82) is 0 Å². The molecule has 0 bridgehead atoms. The van der Waals surface area contributed by atoms with Gasteiger partial charge in [0.05, 0.1) is 24.2 Å². The summed E-state index contributed by atoms with van der Waals surface area (Å²) in [7, 11) is 1.31. The van der Waals surface area contributed by atoms with E-state index in [1.54, 1.807) is 50.5 Å². The van der Waals surface area contributed by atoms with Crippen molar-refractivity contribution in [2.45, 2.75) is 26.4 Å². The molecular weight excluding hydrogens is 400 g/mol. The normalized spacial score (nSPS) is 17.3. The van der Waals surface area contributed by atoms with Gasteiger partial charge in [-0.05, 0) is 26.0 Å². The number of rotatable bonds is 5. The largest absolute Gasteiger partial charge is 0.466 e. The fourth-order valence-corrected chi connectivity index (χ4v) is 3.85. The van der Waals surface area contributed by atoms with Crippen molar-refractivity contribution in [2.24, 2.45) is 0 Å². The number of pyridine rings is 1. The predicted molar refractivity (Wildman–Crippen MR) is 110 cm³/mol. The molecule has 2 aliphatic heterocycles. The van der Waals surface area contributed by atoms with Crippen LogP contribution in [0.15, 0.2) is 65.3 Å². The van der Waals surface area contributed by atoms with Crippen LogP contribution < -0.4 is 14.8 Å². The average molecular weight is 422 g/mol. The molecule has 1 aromatic heterocycles. The summed E-state index contributed by atoms with van der Waals surface area (Å²) in [6.07, 6.45) is 3.28. The van der Waals surface area contributed by atoms with E-state index in [9.17, 15) is 9.59 Å². The smallest absolute Gasteiger partial charge is 0.337 e. The Bertz CT molecular complexity index is 1090. The zero-order valence-corrected chi connectivity index (χ0v) is 17.4. The van der Waals surface area contributed by atoms with E-state index in [0.717, 1.165) is 5.56 Å². The highest BCUT2D eigenvalue weighted by molar-refractivity contribution is 6.00. The first kappa shape index (κ1) is 20.5. The minimum absolute atomic E-state index is 0.0545. The van der Waals surface area contributed by atoms with Gasteiger partial charge in [-0.2, -0.15) is 0 Å². The number of fused-ring (bicyclic) bond motifs is 1. The zero-order chi connectivity index (χ0) is 22.0. The van der Waals surface area contributed by atoms with Crippen molar-refractivity contribution in [3.05, 3.63) is 76.4 Å². The quantitative estimate of drug-likeness (QED) is 0.735. The van der Waals surface area contributed by atoms with Crippen molar-refractivity contribution < 1.29 is 28.5 Å². The predicted octanol–water partition coefficient (Wildman–Crippen LogP) is 2.96. The standard InChI is InChI=1S/C23H22N2O6/c1-13-18(22(26)28-3)20(16-7-4-8-17-21(16)31-12-30-17)19(14(2)25-13)23(27)29-11-15-6-5-9-24-10-15/h4-10,20,25H,11-12H2,1-3H3. The maximum atomic E-state index is 13.2. The van der Waals surface area contributed by atoms with Crippen molar-refractivity contribution in [2.75, 3.05) is 13.9 Å². The van der Waals surface area contributed by atoms with E-state index in [2.05, 4.69) is 10.3 Å². The Labute approximate surface area is 179 Å². The molecule has 2 aliphatic rings. The minimum Gasteiger partial charge on any atom is -0.466 e. The molecule has 1 unspecified atom stereocenters. The van der Waals surface area contributed by atoms with Crippen LogP contribution >= 0.6 is 0 Å². The van der Waals surface area contributed by atoms with Crippen LogP contribution in [0, 0.1) is 0 Å². The number of ether oxygens (including phenoxy) is 4. The lowest BCUT2D eigenvalue weighted by atomic mass is 9.80. The summed E-state index contributed by atoms with van der Waals surface area (Å²) in [5.74, 6) is -0.791. The van der Waals surface area contributed by atoms with Crippen LogP contribution in [0.4, 0.5) is 0 Å². The summed E-state index contributed by atoms with van der Waals surface area (Å²) in [6, 6.07) is 8.96. The van der Waals surface area contributed by atoms with Crippen LogP contribution in [-0.4, -0.2) is 30.8 Å². The molecule has 0 radical (unpaired) electrons. The lowest BCUT2D eigenvalue weighted by Gasteiger charge is -2.30. The van der Waals surface area contributed by atoms with Gasteiger partial charge in [0.25, 0.3) is 0 Å². The molecule has 0 spiro atoms. The summed E-state index contributed by atoms with van der Waals surface area (Å²) in [5, 5.41) is 3.11. The third-order valence-electron chi connectivity index (χ3n) is 5.22. The number of aromatic nitrogens is 1. The molecule has 160 valence electrons. The number of esters is 2. The van der Waals surface area contributed by atoms with Crippen LogP contribution in [0.2, 0.25) is 0 Å². The number of para-hydroxylation sites is 1. The van der Waals surface area contributed by atoms with E-state index in [1.807, 2.05) is 6.07 Å². The van der Waals surface area contributed by atoms with Crippen LogP contribution in [-0.2, 0) is 25.7 Å². The molecule has 8 nitrogen and oxygen atoms in total. The van der Waals surface area contributed by atoms with Gasteiger partial charge in [-0.3, -0.25) is 4.98 Å². The Balaban J connectivity index is 1.77. The number of nitrogens with one attached hydrogen (secondary N) is 1. The first-order valence-corrected chi connectivity index (χ1v) is 9.72. The van der Waals surface area contributed by atoms with Crippen LogP contribution in [0.1, 0.15) is 30.9 Å². The van der Waals surface area contributed by atoms with Gasteiger partial charge in [0.2, 0.25) is 6.79 Å². The molecule has 3 heterocycles. The summed E-state index contributed by atoms with van der Waals surface area (Å²) < 4.78 is 21.8. The number of benzene rings is 1. The van der Waals surface area contributed by atoms with E-state index in [-0.39, 0.29) is 13.4 Å². The number of dihydropyridines is 1. The van der Waals surface area contributed by atoms with Gasteiger partial charge >= 0.3 is 11.9 Å². The first-order valence-electron chi connectivity index (χ1n) is 9.72. The zero-order valence-electron chi connectivity index (χ0n) is 17.4. The van der Waals surface area contributed by atoms with Gasteiger partial charge in [0.1, 0.15) is 6.61 Å². The molecule has 4 rings (SSSR count). The maximum Gasteiger partial charge on any atom is 0.337 e. The maximum absolute atomic E-state index is 13.2. The Morgan fingerprint density at radius 2 is 1.87 bits per heavy atom. The lowest BCUT2D eigenvalue weighted by molar-refractivity contribution is -0.140. The summed E-state index contributed by atoms with van der Waals surface area (Å²) in [4.78, 5) is 30.0. The van der Waals surface area contributed by atoms with Gasteiger partial charge in [-0.15, -0.1) is 0 Å². The Morgan fingerprint density at radius 3 is 2.58 bits per heavy atom. The van der Waals surface area contributed by atoms with Crippen molar-refractivity contribution in [1.82, 2.24) is 10.3 Å². The number of nitrogens with zero attached hydrogens (tertiary/aromatic N) is 1. The third kappa shape index (κ3) is 3.84. The van der Waals surface area contributed by atoms with E-state index < -0.39 is 17.9 Å². The van der Waals surface area contributed by atoms with Gasteiger partial charge in [-0.25, -0.2) is 9.59 Å². The summed E-state index contributed by atoms with van der Waals surface area (Å²) in [6.45, 7) is 3.66. The molecule has 0 saturated carbocycles. The highest BCUT2D eigenvalue weighted by Gasteiger charge is 2.40. The lowest BCUT2D eigenvalue weighted by Crippen LogP contribution is -2.32.